The molecule has 1 saturated carbocycles. The molecule has 110 valence electrons. The van der Waals surface area contributed by atoms with Crippen molar-refractivity contribution in [2.24, 2.45) is 5.92 Å². The van der Waals surface area contributed by atoms with Crippen molar-refractivity contribution >= 4 is 16.9 Å². The maximum atomic E-state index is 13.8. The largest absolute Gasteiger partial charge is 0.273 e. The second-order valence-corrected chi connectivity index (χ2v) is 5.55. The summed E-state index contributed by atoms with van der Waals surface area (Å²) in [5, 5.41) is 0. The van der Waals surface area contributed by atoms with Gasteiger partial charge in [0.25, 0.3) is 0 Å². The van der Waals surface area contributed by atoms with E-state index in [9.17, 15) is 9.18 Å². The first-order valence-corrected chi connectivity index (χ1v) is 7.21. The van der Waals surface area contributed by atoms with Gasteiger partial charge in [-0.2, -0.15) is 0 Å². The van der Waals surface area contributed by atoms with Crippen LogP contribution in [0, 0.1) is 11.7 Å². The van der Waals surface area contributed by atoms with Gasteiger partial charge in [0.05, 0.1) is 11.0 Å². The Morgan fingerprint density at radius 1 is 1.18 bits per heavy atom. The van der Waals surface area contributed by atoms with E-state index in [1.165, 1.54) is 6.07 Å². The number of rotatable bonds is 3. The summed E-state index contributed by atoms with van der Waals surface area (Å²) in [5.41, 5.74) is 5.13. The molecule has 1 aliphatic rings. The Bertz CT molecular complexity index is 858. The van der Waals surface area contributed by atoms with Gasteiger partial charge in [-0.05, 0) is 36.1 Å². The van der Waals surface area contributed by atoms with Crippen LogP contribution in [0.2, 0.25) is 0 Å². The number of para-hydroxylation sites is 2. The third-order valence-electron chi connectivity index (χ3n) is 4.12. The number of carbonyl (C=O) groups is 1. The molecule has 0 spiro atoms. The van der Waals surface area contributed by atoms with E-state index in [2.05, 4.69) is 10.4 Å². The summed E-state index contributed by atoms with van der Waals surface area (Å²) in [4.78, 5) is 16.6. The molecule has 0 aliphatic heterocycles. The molecule has 5 heteroatoms. The van der Waals surface area contributed by atoms with Gasteiger partial charge in [0.1, 0.15) is 12.1 Å². The fourth-order valence-corrected chi connectivity index (χ4v) is 2.85. The van der Waals surface area contributed by atoms with E-state index < -0.39 is 0 Å². The molecule has 4 rings (SSSR count). The molecule has 1 N–H and O–H groups in total. The number of hydrogen-bond donors (Lipinski definition) is 1. The Kier molecular flexibility index (Phi) is 2.92. The fraction of sp³-hybridized carbons (Fsp3) is 0.176. The molecule has 1 fully saturated rings. The van der Waals surface area contributed by atoms with Crippen LogP contribution in [-0.4, -0.2) is 15.6 Å². The average molecular weight is 295 g/mol. The Morgan fingerprint density at radius 2 is 1.95 bits per heavy atom. The minimum absolute atomic E-state index is 0.0315. The van der Waals surface area contributed by atoms with E-state index in [1.54, 1.807) is 29.2 Å². The van der Waals surface area contributed by atoms with E-state index in [4.69, 9.17) is 0 Å². The van der Waals surface area contributed by atoms with Crippen LogP contribution in [0.5, 0.6) is 0 Å². The molecule has 1 aromatic heterocycles. The molecule has 0 saturated heterocycles. The van der Waals surface area contributed by atoms with Crippen molar-refractivity contribution in [3.63, 3.8) is 0 Å². The van der Waals surface area contributed by atoms with Crippen molar-refractivity contribution in [3.8, 4) is 0 Å². The first-order valence-electron chi connectivity index (χ1n) is 7.21. The molecule has 4 nitrogen and oxygen atoms in total. The minimum Gasteiger partial charge on any atom is -0.273 e. The second-order valence-electron chi connectivity index (χ2n) is 5.55. The highest BCUT2D eigenvalue weighted by Crippen LogP contribution is 2.48. The van der Waals surface area contributed by atoms with Gasteiger partial charge in [-0.1, -0.05) is 30.3 Å². The zero-order valence-corrected chi connectivity index (χ0v) is 11.7. The quantitative estimate of drug-likeness (QED) is 0.807. The van der Waals surface area contributed by atoms with Crippen LogP contribution in [0.15, 0.2) is 54.9 Å². The molecule has 22 heavy (non-hydrogen) atoms. The third-order valence-corrected chi connectivity index (χ3v) is 4.12. The van der Waals surface area contributed by atoms with Crippen molar-refractivity contribution in [2.45, 2.75) is 12.3 Å². The summed E-state index contributed by atoms with van der Waals surface area (Å²) in [6.45, 7) is 0. The predicted octanol–water partition coefficient (Wildman–Crippen LogP) is 3.05. The highest BCUT2D eigenvalue weighted by atomic mass is 19.1. The normalized spacial score (nSPS) is 20.0. The summed E-state index contributed by atoms with van der Waals surface area (Å²) >= 11 is 0. The maximum Gasteiger partial charge on any atom is 0.242 e. The minimum atomic E-state index is -0.240. The number of amides is 1. The highest BCUT2D eigenvalue weighted by molar-refractivity contribution is 5.91. The van der Waals surface area contributed by atoms with Gasteiger partial charge in [0.2, 0.25) is 5.91 Å². The first kappa shape index (κ1) is 13.0. The number of carbonyl (C=O) groups excluding carboxylic acids is 1. The number of halogens is 1. The smallest absolute Gasteiger partial charge is 0.242 e. The monoisotopic (exact) mass is 295 g/mol. The lowest BCUT2D eigenvalue weighted by Crippen LogP contribution is -2.24. The van der Waals surface area contributed by atoms with Crippen LogP contribution < -0.4 is 5.43 Å². The summed E-state index contributed by atoms with van der Waals surface area (Å²) < 4.78 is 15.4. The number of imidazole rings is 1. The highest BCUT2D eigenvalue weighted by Gasteiger charge is 2.45. The van der Waals surface area contributed by atoms with Crippen LogP contribution >= 0.6 is 0 Å². The number of benzene rings is 2. The Morgan fingerprint density at radius 3 is 2.82 bits per heavy atom. The Labute approximate surface area is 126 Å². The summed E-state index contributed by atoms with van der Waals surface area (Å²) in [5.74, 6) is -0.554. The van der Waals surface area contributed by atoms with E-state index in [0.29, 0.717) is 12.0 Å². The molecule has 1 heterocycles. The van der Waals surface area contributed by atoms with Crippen molar-refractivity contribution in [3.05, 3.63) is 66.2 Å². The summed E-state index contributed by atoms with van der Waals surface area (Å²) in [7, 11) is 0. The lowest BCUT2D eigenvalue weighted by Gasteiger charge is -2.07. The van der Waals surface area contributed by atoms with Crippen molar-refractivity contribution in [1.82, 2.24) is 9.66 Å². The first-order chi connectivity index (χ1) is 10.7. The summed E-state index contributed by atoms with van der Waals surface area (Å²) in [6.07, 6.45) is 2.27. The molecule has 1 amide bonds. The molecular weight excluding hydrogens is 281 g/mol. The zero-order chi connectivity index (χ0) is 15.1. The lowest BCUT2D eigenvalue weighted by molar-refractivity contribution is -0.118. The second kappa shape index (κ2) is 4.94. The van der Waals surface area contributed by atoms with Crippen molar-refractivity contribution in [1.29, 1.82) is 0 Å². The molecule has 0 radical (unpaired) electrons. The SMILES string of the molecule is O=C(Nn1cnc2ccccc21)C1CC1c1ccccc1F. The fourth-order valence-electron chi connectivity index (χ4n) is 2.85. The van der Waals surface area contributed by atoms with Crippen molar-refractivity contribution < 1.29 is 9.18 Å². The molecule has 2 aromatic carbocycles. The van der Waals surface area contributed by atoms with Crippen LogP contribution in [0.1, 0.15) is 17.9 Å². The van der Waals surface area contributed by atoms with Crippen LogP contribution in [0.4, 0.5) is 4.39 Å². The third kappa shape index (κ3) is 2.15. The van der Waals surface area contributed by atoms with E-state index in [0.717, 1.165) is 11.0 Å². The molecule has 2 unspecified atom stereocenters. The number of hydrogen-bond acceptors (Lipinski definition) is 2. The number of fused-ring (bicyclic) bond motifs is 1. The molecule has 3 aromatic rings. The van der Waals surface area contributed by atoms with Gasteiger partial charge in [-0.25, -0.2) is 14.1 Å². The van der Waals surface area contributed by atoms with Gasteiger partial charge in [-0.15, -0.1) is 0 Å². The Balaban J connectivity index is 1.51. The number of nitrogens with zero attached hydrogens (tertiary/aromatic N) is 2. The van der Waals surface area contributed by atoms with Crippen LogP contribution in [-0.2, 0) is 4.79 Å². The van der Waals surface area contributed by atoms with E-state index in [1.807, 2.05) is 24.3 Å². The number of nitrogens with one attached hydrogen (secondary N) is 1. The van der Waals surface area contributed by atoms with Gasteiger partial charge < -0.3 is 0 Å². The van der Waals surface area contributed by atoms with E-state index in [-0.39, 0.29) is 23.6 Å². The summed E-state index contributed by atoms with van der Waals surface area (Å²) in [6, 6.07) is 14.2. The van der Waals surface area contributed by atoms with Gasteiger partial charge in [0.15, 0.2) is 0 Å². The topological polar surface area (TPSA) is 46.9 Å². The zero-order valence-electron chi connectivity index (χ0n) is 11.7. The standard InChI is InChI=1S/C17H14FN3O/c18-14-6-2-1-5-11(14)12-9-13(12)17(22)20-21-10-19-15-7-3-4-8-16(15)21/h1-8,10,12-13H,9H2,(H,20,22). The molecule has 0 bridgehead atoms. The average Bonchev–Trinajstić information content (AvgIpc) is 3.24. The molecule has 1 aliphatic carbocycles. The molecule has 2 atom stereocenters. The van der Waals surface area contributed by atoms with Gasteiger partial charge >= 0.3 is 0 Å². The lowest BCUT2D eigenvalue weighted by atomic mass is 10.1. The van der Waals surface area contributed by atoms with Gasteiger partial charge in [-0.3, -0.25) is 10.2 Å². The molecular formula is C17H14FN3O. The number of aromatic nitrogens is 2. The van der Waals surface area contributed by atoms with Crippen LogP contribution in [0.25, 0.3) is 11.0 Å². The Hall–Kier alpha value is -2.69. The van der Waals surface area contributed by atoms with Gasteiger partial charge in [0, 0.05) is 5.92 Å². The van der Waals surface area contributed by atoms with Crippen molar-refractivity contribution in [2.75, 3.05) is 5.43 Å². The predicted molar refractivity (Wildman–Crippen MR) is 81.3 cm³/mol. The van der Waals surface area contributed by atoms with Crippen LogP contribution in [0.3, 0.4) is 0 Å². The van der Waals surface area contributed by atoms with E-state index >= 15 is 0 Å². The maximum absolute atomic E-state index is 13.8.